The van der Waals surface area contributed by atoms with E-state index in [1.54, 1.807) is 0 Å². The Morgan fingerprint density at radius 3 is 1.61 bits per heavy atom. The predicted molar refractivity (Wildman–Crippen MR) is 181 cm³/mol. The number of ether oxygens (including phenoxy) is 2. The van der Waals surface area contributed by atoms with Crippen LogP contribution in [0.3, 0.4) is 0 Å². The number of fused-ring (bicyclic) bond motifs is 2. The van der Waals surface area contributed by atoms with Crippen LogP contribution in [0, 0.1) is 16.0 Å². The smallest absolute Gasteiger partial charge is 0.433 e. The summed E-state index contributed by atoms with van der Waals surface area (Å²) in [6, 6.07) is 11.6. The first-order chi connectivity index (χ1) is 26.7. The van der Waals surface area contributed by atoms with Gasteiger partial charge in [0.1, 0.15) is 24.8 Å². The minimum absolute atomic E-state index is 0.0181. The third-order valence-corrected chi connectivity index (χ3v) is 9.35. The maximum absolute atomic E-state index is 14.7. The van der Waals surface area contributed by atoms with Crippen LogP contribution in [0.2, 0.25) is 0 Å². The molecule has 296 valence electrons. The number of nitro benzene ring substituents is 1. The average molecular weight is 801 g/mol. The number of esters is 2. The SMILES string of the molecule is CC(COC(=O)C1=C(C(F)(F)F)N=C(C(F)(F)F)C(C(=O)OCC(C)N2C(=O)c3ccccc3C2=O)C1c1cccc([N+](=O)[O-])c1)N1C(=O)c2ccccc2C1=O. The molecule has 57 heavy (non-hydrogen) atoms. The van der Waals surface area contributed by atoms with Gasteiger partial charge in [0.15, 0.2) is 5.70 Å². The number of nitrogens with zero attached hydrogens (tertiary/aromatic N) is 4. The number of alkyl halides is 6. The Balaban J connectivity index is 1.38. The van der Waals surface area contributed by atoms with E-state index >= 15 is 0 Å². The second-order valence-electron chi connectivity index (χ2n) is 13.0. The molecule has 3 aromatic rings. The van der Waals surface area contributed by atoms with Crippen molar-refractivity contribution in [2.75, 3.05) is 13.2 Å². The van der Waals surface area contributed by atoms with Gasteiger partial charge in [0, 0.05) is 18.1 Å². The van der Waals surface area contributed by atoms with E-state index in [0.717, 1.165) is 18.2 Å². The number of carbonyl (C=O) groups excluding carboxylic acids is 6. The summed E-state index contributed by atoms with van der Waals surface area (Å²) in [5, 5.41) is 11.7. The molecule has 4 amide bonds. The number of halogens is 6. The van der Waals surface area contributed by atoms with Gasteiger partial charge in [-0.05, 0) is 43.7 Å². The highest BCUT2D eigenvalue weighted by molar-refractivity contribution is 6.22. The first-order valence-corrected chi connectivity index (χ1v) is 16.7. The number of carbonyl (C=O) groups is 6. The second kappa shape index (κ2) is 14.7. The monoisotopic (exact) mass is 800 g/mol. The summed E-state index contributed by atoms with van der Waals surface area (Å²) in [6.07, 6.45) is -11.7. The van der Waals surface area contributed by atoms with E-state index in [4.69, 9.17) is 9.47 Å². The fourth-order valence-corrected chi connectivity index (χ4v) is 6.77. The molecule has 4 atom stereocenters. The lowest BCUT2D eigenvalue weighted by molar-refractivity contribution is -0.384. The van der Waals surface area contributed by atoms with Crippen molar-refractivity contribution in [3.05, 3.63) is 122 Å². The third-order valence-electron chi connectivity index (χ3n) is 9.35. The van der Waals surface area contributed by atoms with Gasteiger partial charge >= 0.3 is 24.3 Å². The van der Waals surface area contributed by atoms with Gasteiger partial charge < -0.3 is 9.47 Å². The summed E-state index contributed by atoms with van der Waals surface area (Å²) in [7, 11) is 0. The van der Waals surface area contributed by atoms with Gasteiger partial charge in [-0.3, -0.25) is 43.9 Å². The number of hydrogen-bond acceptors (Lipinski definition) is 11. The molecule has 20 heteroatoms. The van der Waals surface area contributed by atoms with Crippen molar-refractivity contribution in [1.29, 1.82) is 0 Å². The molecule has 0 aliphatic carbocycles. The lowest BCUT2D eigenvalue weighted by Gasteiger charge is -2.34. The van der Waals surface area contributed by atoms with Crippen molar-refractivity contribution in [3.63, 3.8) is 0 Å². The summed E-state index contributed by atoms with van der Waals surface area (Å²) in [6.45, 7) is 0.416. The van der Waals surface area contributed by atoms with Crippen molar-refractivity contribution in [2.45, 2.75) is 44.2 Å². The van der Waals surface area contributed by atoms with Crippen molar-refractivity contribution >= 4 is 47.0 Å². The number of allylic oxidation sites excluding steroid dienone is 1. The molecular weight excluding hydrogens is 774 g/mol. The zero-order valence-electron chi connectivity index (χ0n) is 29.3. The molecule has 3 aromatic carbocycles. The number of nitro groups is 1. The normalized spacial score (nSPS) is 19.3. The van der Waals surface area contributed by atoms with E-state index in [2.05, 4.69) is 4.99 Å². The summed E-state index contributed by atoms with van der Waals surface area (Å²) < 4.78 is 98.6. The summed E-state index contributed by atoms with van der Waals surface area (Å²) in [5.74, 6) is -12.9. The van der Waals surface area contributed by atoms with E-state index in [1.165, 1.54) is 62.4 Å². The molecule has 0 spiro atoms. The van der Waals surface area contributed by atoms with Crippen LogP contribution in [0.5, 0.6) is 0 Å². The van der Waals surface area contributed by atoms with Gasteiger partial charge in [0.2, 0.25) is 0 Å². The first kappa shape index (κ1) is 39.9. The zero-order chi connectivity index (χ0) is 41.7. The van der Waals surface area contributed by atoms with Gasteiger partial charge in [-0.2, -0.15) is 26.3 Å². The Morgan fingerprint density at radius 1 is 0.737 bits per heavy atom. The van der Waals surface area contributed by atoms with Crippen molar-refractivity contribution < 1.29 is 69.5 Å². The number of benzene rings is 3. The molecule has 3 heterocycles. The Labute approximate surface area is 316 Å². The summed E-state index contributed by atoms with van der Waals surface area (Å²) in [5.41, 5.74) is -8.21. The highest BCUT2D eigenvalue weighted by atomic mass is 19.4. The predicted octanol–water partition coefficient (Wildman–Crippen LogP) is 5.58. The Kier molecular flexibility index (Phi) is 10.3. The minimum Gasteiger partial charge on any atom is -0.463 e. The highest BCUT2D eigenvalue weighted by Gasteiger charge is 2.57. The van der Waals surface area contributed by atoms with Crippen LogP contribution in [0.15, 0.2) is 89.1 Å². The number of non-ortho nitro benzene ring substituents is 1. The molecule has 4 unspecified atom stereocenters. The number of rotatable bonds is 10. The van der Waals surface area contributed by atoms with Crippen molar-refractivity contribution in [2.24, 2.45) is 10.9 Å². The highest BCUT2D eigenvalue weighted by Crippen LogP contribution is 2.48. The number of amides is 4. The lowest BCUT2D eigenvalue weighted by atomic mass is 9.74. The quantitative estimate of drug-likeness (QED) is 0.0825. The van der Waals surface area contributed by atoms with Gasteiger partial charge in [-0.25, -0.2) is 9.79 Å². The van der Waals surface area contributed by atoms with E-state index in [1.807, 2.05) is 0 Å². The van der Waals surface area contributed by atoms with Crippen LogP contribution in [0.25, 0.3) is 0 Å². The van der Waals surface area contributed by atoms with Crippen LogP contribution in [-0.2, 0) is 19.1 Å². The number of aliphatic imine (C=N–C) groups is 1. The first-order valence-electron chi connectivity index (χ1n) is 16.7. The van der Waals surface area contributed by atoms with E-state index in [9.17, 15) is 65.2 Å². The lowest BCUT2D eigenvalue weighted by Crippen LogP contribution is -2.47. The van der Waals surface area contributed by atoms with E-state index in [-0.39, 0.29) is 22.3 Å². The van der Waals surface area contributed by atoms with Gasteiger partial charge in [-0.1, -0.05) is 36.4 Å². The fraction of sp³-hybridized carbons (Fsp3) is 0.270. The summed E-state index contributed by atoms with van der Waals surface area (Å²) >= 11 is 0. The summed E-state index contributed by atoms with van der Waals surface area (Å²) in [4.78, 5) is 94.3. The minimum atomic E-state index is -5.84. The number of imide groups is 2. The molecule has 0 saturated heterocycles. The molecule has 6 rings (SSSR count). The Hall–Kier alpha value is -6.73. The largest absolute Gasteiger partial charge is 0.463 e. The van der Waals surface area contributed by atoms with Gasteiger partial charge in [0.25, 0.3) is 29.3 Å². The zero-order valence-corrected chi connectivity index (χ0v) is 29.3. The van der Waals surface area contributed by atoms with E-state index in [0.29, 0.717) is 15.9 Å². The maximum atomic E-state index is 14.7. The topological polar surface area (TPSA) is 183 Å². The van der Waals surface area contributed by atoms with Crippen LogP contribution < -0.4 is 0 Å². The Bertz CT molecular complexity index is 2250. The van der Waals surface area contributed by atoms with Crippen LogP contribution in [0.1, 0.15) is 66.8 Å². The molecule has 0 radical (unpaired) electrons. The standard InChI is InChI=1S/C37H26F6N4O10/c1-17(45-30(48)21-10-3-4-11-22(21)31(45)49)15-56-34(52)26-25(19-8-7-9-20(14-19)47(54)55)27(29(37(41,42)43)44-28(26)36(38,39)40)35(53)57-16-18(2)46-32(50)23-12-5-6-13-24(23)33(46)51/h3-14,17-18,25-26H,15-16H2,1-2H3. The van der Waals surface area contributed by atoms with Crippen LogP contribution in [0.4, 0.5) is 32.0 Å². The van der Waals surface area contributed by atoms with Crippen LogP contribution >= 0.6 is 0 Å². The maximum Gasteiger partial charge on any atom is 0.433 e. The molecule has 0 bridgehead atoms. The van der Waals surface area contributed by atoms with Gasteiger partial charge in [0.05, 0.1) is 44.8 Å². The fourth-order valence-electron chi connectivity index (χ4n) is 6.77. The molecule has 0 N–H and O–H groups in total. The molecular formula is C37H26F6N4O10. The molecule has 0 aromatic heterocycles. The molecule has 3 aliphatic heterocycles. The molecule has 0 fully saturated rings. The molecule has 0 saturated carbocycles. The molecule has 14 nitrogen and oxygen atoms in total. The number of hydrogen-bond donors (Lipinski definition) is 0. The third kappa shape index (κ3) is 7.25. The Morgan fingerprint density at radius 2 is 1.19 bits per heavy atom. The van der Waals surface area contributed by atoms with Crippen molar-refractivity contribution in [1.82, 2.24) is 9.80 Å². The van der Waals surface area contributed by atoms with Gasteiger partial charge in [-0.15, -0.1) is 0 Å². The van der Waals surface area contributed by atoms with E-state index < -0.39 is 118 Å². The van der Waals surface area contributed by atoms with Crippen molar-refractivity contribution in [3.8, 4) is 0 Å². The second-order valence-corrected chi connectivity index (χ2v) is 13.0. The average Bonchev–Trinajstić information content (AvgIpc) is 3.58. The molecule has 3 aliphatic rings. The van der Waals surface area contributed by atoms with Crippen LogP contribution in [-0.4, -0.2) is 93.7 Å².